The van der Waals surface area contributed by atoms with Gasteiger partial charge in [-0.3, -0.25) is 4.72 Å². The molecule has 0 aromatic heterocycles. The average molecular weight is 244 g/mol. The summed E-state index contributed by atoms with van der Waals surface area (Å²) in [4.78, 5) is 0. The van der Waals surface area contributed by atoms with Crippen LogP contribution < -0.4 is 9.86 Å². The van der Waals surface area contributed by atoms with Crippen molar-refractivity contribution in [2.24, 2.45) is 5.14 Å². The largest absolute Gasteiger partial charge is 0.296 e. The van der Waals surface area contributed by atoms with Crippen LogP contribution in [0.25, 0.3) is 0 Å². The van der Waals surface area contributed by atoms with Gasteiger partial charge in [0.15, 0.2) is 23.3 Å². The maximum absolute atomic E-state index is 12.8. The van der Waals surface area contributed by atoms with Crippen LogP contribution in [0.1, 0.15) is 0 Å². The lowest BCUT2D eigenvalue weighted by molar-refractivity contribution is 0.459. The zero-order chi connectivity index (χ0) is 11.8. The van der Waals surface area contributed by atoms with Crippen LogP contribution in [0.3, 0.4) is 0 Å². The van der Waals surface area contributed by atoms with Gasteiger partial charge < -0.3 is 0 Å². The van der Waals surface area contributed by atoms with Crippen molar-refractivity contribution < 1.29 is 26.0 Å². The molecule has 0 amide bonds. The van der Waals surface area contributed by atoms with Crippen molar-refractivity contribution in [3.05, 3.63) is 29.3 Å². The van der Waals surface area contributed by atoms with E-state index in [1.165, 1.54) is 0 Å². The Morgan fingerprint density at radius 1 is 1.07 bits per heavy atom. The highest BCUT2D eigenvalue weighted by atomic mass is 32.2. The van der Waals surface area contributed by atoms with Gasteiger partial charge in [0.2, 0.25) is 0 Å². The molecule has 0 bridgehead atoms. The lowest BCUT2D eigenvalue weighted by atomic mass is 10.3. The molecular formula is C6H4F4N2O2S. The Labute approximate surface area is 81.9 Å². The van der Waals surface area contributed by atoms with Crippen LogP contribution in [0.2, 0.25) is 0 Å². The van der Waals surface area contributed by atoms with Gasteiger partial charge in [0.05, 0.1) is 0 Å². The molecule has 0 aliphatic carbocycles. The summed E-state index contributed by atoms with van der Waals surface area (Å²) in [6.45, 7) is 0. The molecule has 1 aromatic rings. The maximum atomic E-state index is 12.8. The van der Waals surface area contributed by atoms with E-state index in [-0.39, 0.29) is 6.07 Å². The first-order valence-corrected chi connectivity index (χ1v) is 4.90. The number of hydrogen-bond acceptors (Lipinski definition) is 2. The molecule has 0 aliphatic rings. The summed E-state index contributed by atoms with van der Waals surface area (Å²) in [7, 11) is -4.52. The van der Waals surface area contributed by atoms with Crippen LogP contribution in [0.5, 0.6) is 0 Å². The first kappa shape index (κ1) is 11.7. The highest BCUT2D eigenvalue weighted by molar-refractivity contribution is 7.90. The third kappa shape index (κ3) is 2.57. The number of rotatable bonds is 2. The second-order valence-electron chi connectivity index (χ2n) is 2.49. The van der Waals surface area contributed by atoms with Gasteiger partial charge in [0.25, 0.3) is 10.2 Å². The first-order chi connectivity index (χ1) is 6.72. The van der Waals surface area contributed by atoms with Crippen molar-refractivity contribution >= 4 is 15.9 Å². The highest BCUT2D eigenvalue weighted by Crippen LogP contribution is 2.24. The molecule has 0 atom stereocenters. The minimum atomic E-state index is -4.52. The lowest BCUT2D eigenvalue weighted by Gasteiger charge is -2.07. The molecule has 0 saturated carbocycles. The van der Waals surface area contributed by atoms with Gasteiger partial charge in [-0.25, -0.2) is 22.7 Å². The monoisotopic (exact) mass is 244 g/mol. The smallest absolute Gasteiger partial charge is 0.265 e. The molecule has 1 aromatic carbocycles. The molecule has 15 heavy (non-hydrogen) atoms. The summed E-state index contributed by atoms with van der Waals surface area (Å²) in [6.07, 6.45) is 0. The SMILES string of the molecule is NS(=O)(=O)Nc1c(F)c(F)cc(F)c1F. The normalized spacial score (nSPS) is 11.5. The Kier molecular flexibility index (Phi) is 2.86. The lowest BCUT2D eigenvalue weighted by Crippen LogP contribution is -2.23. The van der Waals surface area contributed by atoms with E-state index in [1.807, 2.05) is 0 Å². The Morgan fingerprint density at radius 2 is 1.47 bits per heavy atom. The van der Waals surface area contributed by atoms with E-state index in [1.54, 1.807) is 0 Å². The van der Waals surface area contributed by atoms with Gasteiger partial charge in [-0.15, -0.1) is 0 Å². The van der Waals surface area contributed by atoms with Crippen molar-refractivity contribution in [3.63, 3.8) is 0 Å². The molecule has 9 heteroatoms. The third-order valence-corrected chi connectivity index (χ3v) is 1.84. The van der Waals surface area contributed by atoms with Gasteiger partial charge >= 0.3 is 0 Å². The number of halogens is 4. The number of nitrogens with one attached hydrogen (secondary N) is 1. The molecule has 4 nitrogen and oxygen atoms in total. The van der Waals surface area contributed by atoms with E-state index in [2.05, 4.69) is 5.14 Å². The van der Waals surface area contributed by atoms with Crippen molar-refractivity contribution in [2.75, 3.05) is 4.72 Å². The average Bonchev–Trinajstić information content (AvgIpc) is 2.08. The Hall–Kier alpha value is -1.35. The number of nitrogens with two attached hydrogens (primary N) is 1. The molecule has 84 valence electrons. The van der Waals surface area contributed by atoms with Crippen LogP contribution >= 0.6 is 0 Å². The van der Waals surface area contributed by atoms with Crippen LogP contribution in [0.15, 0.2) is 6.07 Å². The molecule has 3 N–H and O–H groups in total. The summed E-state index contributed by atoms with van der Waals surface area (Å²) >= 11 is 0. The van der Waals surface area contributed by atoms with Gasteiger partial charge in [0.1, 0.15) is 5.69 Å². The van der Waals surface area contributed by atoms with E-state index in [0.29, 0.717) is 0 Å². The highest BCUT2D eigenvalue weighted by Gasteiger charge is 2.21. The fourth-order valence-electron chi connectivity index (χ4n) is 0.805. The Morgan fingerprint density at radius 3 is 1.80 bits per heavy atom. The molecular weight excluding hydrogens is 240 g/mol. The minimum Gasteiger partial charge on any atom is -0.265 e. The molecule has 0 heterocycles. The fourth-order valence-corrected chi connectivity index (χ4v) is 1.27. The zero-order valence-electron chi connectivity index (χ0n) is 6.89. The molecule has 0 aliphatic heterocycles. The molecule has 0 spiro atoms. The van der Waals surface area contributed by atoms with E-state index >= 15 is 0 Å². The van der Waals surface area contributed by atoms with Crippen molar-refractivity contribution in [2.45, 2.75) is 0 Å². The molecule has 0 saturated heterocycles. The third-order valence-electron chi connectivity index (χ3n) is 1.36. The Bertz CT molecular complexity index is 476. The van der Waals surface area contributed by atoms with E-state index in [4.69, 9.17) is 0 Å². The summed E-state index contributed by atoms with van der Waals surface area (Å²) in [6, 6.07) is -0.0566. The van der Waals surface area contributed by atoms with E-state index in [9.17, 15) is 26.0 Å². The Balaban J connectivity index is 3.40. The van der Waals surface area contributed by atoms with Gasteiger partial charge in [-0.1, -0.05) is 0 Å². The van der Waals surface area contributed by atoms with Gasteiger partial charge in [-0.2, -0.15) is 8.42 Å². The van der Waals surface area contributed by atoms with Crippen LogP contribution in [0, 0.1) is 23.3 Å². The first-order valence-electron chi connectivity index (χ1n) is 3.36. The number of anilines is 1. The quantitative estimate of drug-likeness (QED) is 0.598. The predicted molar refractivity (Wildman–Crippen MR) is 43.0 cm³/mol. The van der Waals surface area contributed by atoms with Crippen molar-refractivity contribution in [1.29, 1.82) is 0 Å². The molecule has 0 fully saturated rings. The minimum absolute atomic E-state index is 0.0566. The fraction of sp³-hybridized carbons (Fsp3) is 0. The standard InChI is InChI=1S/C6H4F4N2O2S/c7-2-1-3(8)5(10)6(4(2)9)12-15(11,13)14/h1,12H,(H2,11,13,14). The van der Waals surface area contributed by atoms with Crippen LogP contribution in [-0.2, 0) is 10.2 Å². The van der Waals surface area contributed by atoms with Crippen molar-refractivity contribution in [3.8, 4) is 0 Å². The summed E-state index contributed by atoms with van der Waals surface area (Å²) in [5, 5.41) is 4.39. The zero-order valence-corrected chi connectivity index (χ0v) is 7.71. The second-order valence-corrected chi connectivity index (χ2v) is 3.78. The number of benzene rings is 1. The second kappa shape index (κ2) is 3.66. The summed E-state index contributed by atoms with van der Waals surface area (Å²) in [5.74, 6) is -7.22. The van der Waals surface area contributed by atoms with Crippen LogP contribution in [-0.4, -0.2) is 8.42 Å². The molecule has 1 rings (SSSR count). The van der Waals surface area contributed by atoms with Gasteiger partial charge in [0, 0.05) is 6.07 Å². The topological polar surface area (TPSA) is 72.2 Å². The van der Waals surface area contributed by atoms with Crippen LogP contribution in [0.4, 0.5) is 23.2 Å². The van der Waals surface area contributed by atoms with E-state index < -0.39 is 39.2 Å². The van der Waals surface area contributed by atoms with E-state index in [0.717, 1.165) is 4.72 Å². The summed E-state index contributed by atoms with van der Waals surface area (Å²) in [5.41, 5.74) is -1.49. The molecule has 0 radical (unpaired) electrons. The predicted octanol–water partition coefficient (Wildman–Crippen LogP) is 0.858. The van der Waals surface area contributed by atoms with Crippen molar-refractivity contribution in [1.82, 2.24) is 0 Å². The maximum Gasteiger partial charge on any atom is 0.296 e. The molecule has 0 unspecified atom stereocenters. The summed E-state index contributed by atoms with van der Waals surface area (Å²) < 4.78 is 72.6. The number of hydrogen-bond donors (Lipinski definition) is 2. The van der Waals surface area contributed by atoms with Gasteiger partial charge in [-0.05, 0) is 0 Å².